The van der Waals surface area contributed by atoms with Gasteiger partial charge in [-0.2, -0.15) is 0 Å². The molecule has 3 N–H and O–H groups in total. The molecule has 6 nitrogen and oxygen atoms in total. The fourth-order valence-electron chi connectivity index (χ4n) is 2.38. The molecule has 0 bridgehead atoms. The molecule has 1 aliphatic carbocycles. The number of hydrogen-bond acceptors (Lipinski definition) is 4. The van der Waals surface area contributed by atoms with Crippen LogP contribution in [0.3, 0.4) is 0 Å². The van der Waals surface area contributed by atoms with E-state index in [-0.39, 0.29) is 19.1 Å². The molecule has 1 aliphatic rings. The summed E-state index contributed by atoms with van der Waals surface area (Å²) in [7, 11) is 0. The smallest absolute Gasteiger partial charge is 0.407 e. The van der Waals surface area contributed by atoms with Gasteiger partial charge < -0.3 is 20.5 Å². The van der Waals surface area contributed by atoms with Crippen molar-refractivity contribution < 1.29 is 19.4 Å². The van der Waals surface area contributed by atoms with Gasteiger partial charge in [0.15, 0.2) is 0 Å². The van der Waals surface area contributed by atoms with Crippen molar-refractivity contribution in [2.45, 2.75) is 44.4 Å². The fraction of sp³-hybridized carbons (Fsp3) is 0.500. The molecule has 0 heterocycles. The highest BCUT2D eigenvalue weighted by Crippen LogP contribution is 2.20. The van der Waals surface area contributed by atoms with E-state index >= 15 is 0 Å². The molecule has 1 amide bonds. The van der Waals surface area contributed by atoms with Gasteiger partial charge in [-0.15, -0.1) is 0 Å². The maximum atomic E-state index is 11.6. The predicted octanol–water partition coefficient (Wildman–Crippen LogP) is 1.90. The molecule has 0 unspecified atom stereocenters. The molecule has 0 radical (unpaired) electrons. The molecule has 2 rings (SSSR count). The Morgan fingerprint density at radius 1 is 1.18 bits per heavy atom. The van der Waals surface area contributed by atoms with Crippen molar-refractivity contribution in [1.82, 2.24) is 10.6 Å². The number of nitrogens with one attached hydrogen (secondary N) is 2. The first-order valence-corrected chi connectivity index (χ1v) is 7.56. The largest absolute Gasteiger partial charge is 0.481 e. The Morgan fingerprint density at radius 2 is 1.91 bits per heavy atom. The topological polar surface area (TPSA) is 87.7 Å². The lowest BCUT2D eigenvalue weighted by atomic mass is 9.87. The Bertz CT molecular complexity index is 486. The number of carboxylic acid groups (broad SMARTS) is 1. The summed E-state index contributed by atoms with van der Waals surface area (Å²) in [5.74, 6) is -0.767. The van der Waals surface area contributed by atoms with Crippen LogP contribution in [0.2, 0.25) is 0 Å². The van der Waals surface area contributed by atoms with Crippen molar-refractivity contribution in [2.24, 2.45) is 0 Å². The van der Waals surface area contributed by atoms with E-state index in [9.17, 15) is 9.59 Å². The molecule has 0 atom stereocenters. The Kier molecular flexibility index (Phi) is 6.21. The van der Waals surface area contributed by atoms with Gasteiger partial charge in [-0.05, 0) is 31.4 Å². The molecule has 1 aromatic rings. The Labute approximate surface area is 129 Å². The molecule has 22 heavy (non-hydrogen) atoms. The van der Waals surface area contributed by atoms with Crippen LogP contribution in [0.1, 0.15) is 31.2 Å². The summed E-state index contributed by atoms with van der Waals surface area (Å²) in [6.07, 6.45) is 2.13. The molecule has 1 fully saturated rings. The number of ether oxygens (including phenoxy) is 1. The Hall–Kier alpha value is -2.08. The van der Waals surface area contributed by atoms with Crippen LogP contribution in [0, 0.1) is 0 Å². The summed E-state index contributed by atoms with van der Waals surface area (Å²) in [5.41, 5.74) is 0.962. The zero-order chi connectivity index (χ0) is 15.8. The van der Waals surface area contributed by atoms with Crippen LogP contribution in [0.5, 0.6) is 0 Å². The van der Waals surface area contributed by atoms with Crippen molar-refractivity contribution in [3.8, 4) is 0 Å². The standard InChI is InChI=1S/C16H22N2O4/c19-15(20)7-4-8-17-13-9-14(10-13)18-16(21)22-11-12-5-2-1-3-6-12/h1-3,5-6,13-14,17H,4,7-11H2,(H,18,21)(H,19,20). The number of rotatable bonds is 8. The molecule has 1 aromatic carbocycles. The third kappa shape index (κ3) is 5.73. The number of alkyl carbamates (subject to hydrolysis) is 1. The Morgan fingerprint density at radius 3 is 2.59 bits per heavy atom. The highest BCUT2D eigenvalue weighted by molar-refractivity contribution is 5.67. The van der Waals surface area contributed by atoms with Crippen LogP contribution in [0.25, 0.3) is 0 Å². The van der Waals surface area contributed by atoms with E-state index in [0.717, 1.165) is 18.4 Å². The predicted molar refractivity (Wildman–Crippen MR) is 81.4 cm³/mol. The van der Waals surface area contributed by atoms with Crippen molar-refractivity contribution in [3.05, 3.63) is 35.9 Å². The number of carbonyl (C=O) groups is 2. The minimum atomic E-state index is -0.767. The average Bonchev–Trinajstić information content (AvgIpc) is 2.47. The van der Waals surface area contributed by atoms with Gasteiger partial charge in [-0.1, -0.05) is 30.3 Å². The molecule has 0 saturated heterocycles. The number of amides is 1. The summed E-state index contributed by atoms with van der Waals surface area (Å²) < 4.78 is 5.16. The summed E-state index contributed by atoms with van der Waals surface area (Å²) in [4.78, 5) is 22.0. The van der Waals surface area contributed by atoms with Gasteiger partial charge in [0.05, 0.1) is 0 Å². The highest BCUT2D eigenvalue weighted by Gasteiger charge is 2.30. The highest BCUT2D eigenvalue weighted by atomic mass is 16.5. The van der Waals surface area contributed by atoms with Gasteiger partial charge >= 0.3 is 12.1 Å². The van der Waals surface area contributed by atoms with Crippen LogP contribution in [0.4, 0.5) is 4.79 Å². The van der Waals surface area contributed by atoms with Crippen molar-refractivity contribution in [3.63, 3.8) is 0 Å². The molecule has 1 saturated carbocycles. The summed E-state index contributed by atoms with van der Waals surface area (Å²) in [6, 6.07) is 10.0. The van der Waals surface area contributed by atoms with Crippen molar-refractivity contribution in [1.29, 1.82) is 0 Å². The van der Waals surface area contributed by atoms with Crippen molar-refractivity contribution in [2.75, 3.05) is 6.54 Å². The first kappa shape index (κ1) is 16.3. The Balaban J connectivity index is 1.52. The quantitative estimate of drug-likeness (QED) is 0.638. The van der Waals surface area contributed by atoms with Crippen LogP contribution in [-0.4, -0.2) is 35.8 Å². The molecular weight excluding hydrogens is 284 g/mol. The van der Waals surface area contributed by atoms with Crippen LogP contribution < -0.4 is 10.6 Å². The monoisotopic (exact) mass is 306 g/mol. The molecular formula is C16H22N2O4. The second kappa shape index (κ2) is 8.38. The summed E-state index contributed by atoms with van der Waals surface area (Å²) in [5, 5.41) is 14.6. The molecule has 0 spiro atoms. The lowest BCUT2D eigenvalue weighted by Crippen LogP contribution is -2.52. The molecule has 120 valence electrons. The average molecular weight is 306 g/mol. The van der Waals surface area contributed by atoms with E-state index in [0.29, 0.717) is 19.0 Å². The van der Waals surface area contributed by atoms with Crippen LogP contribution >= 0.6 is 0 Å². The second-order valence-corrected chi connectivity index (χ2v) is 5.52. The maximum absolute atomic E-state index is 11.6. The minimum absolute atomic E-state index is 0.139. The summed E-state index contributed by atoms with van der Waals surface area (Å²) in [6.45, 7) is 0.971. The van der Waals surface area contributed by atoms with E-state index in [1.165, 1.54) is 0 Å². The fourth-order valence-corrected chi connectivity index (χ4v) is 2.38. The normalized spacial score (nSPS) is 20.0. The van der Waals surface area contributed by atoms with Gasteiger partial charge in [0.2, 0.25) is 0 Å². The number of carboxylic acids is 1. The van der Waals surface area contributed by atoms with E-state index in [2.05, 4.69) is 10.6 Å². The molecule has 0 aromatic heterocycles. The zero-order valence-electron chi connectivity index (χ0n) is 12.5. The van der Waals surface area contributed by atoms with Gasteiger partial charge in [-0.25, -0.2) is 4.79 Å². The van der Waals surface area contributed by atoms with Crippen LogP contribution in [0.15, 0.2) is 30.3 Å². The van der Waals surface area contributed by atoms with E-state index in [1.807, 2.05) is 30.3 Å². The SMILES string of the molecule is O=C(O)CCCNC1CC(NC(=O)OCc2ccccc2)C1. The van der Waals surface area contributed by atoms with Gasteiger partial charge in [0.1, 0.15) is 6.61 Å². The third-order valence-corrected chi connectivity index (χ3v) is 3.67. The first-order chi connectivity index (χ1) is 10.6. The zero-order valence-corrected chi connectivity index (χ0v) is 12.5. The maximum Gasteiger partial charge on any atom is 0.407 e. The minimum Gasteiger partial charge on any atom is -0.481 e. The van der Waals surface area contributed by atoms with E-state index in [1.54, 1.807) is 0 Å². The number of carbonyl (C=O) groups excluding carboxylic acids is 1. The number of hydrogen-bond donors (Lipinski definition) is 3. The second-order valence-electron chi connectivity index (χ2n) is 5.52. The van der Waals surface area contributed by atoms with E-state index < -0.39 is 12.1 Å². The lowest BCUT2D eigenvalue weighted by molar-refractivity contribution is -0.137. The lowest BCUT2D eigenvalue weighted by Gasteiger charge is -2.36. The van der Waals surface area contributed by atoms with Gasteiger partial charge in [0.25, 0.3) is 0 Å². The van der Waals surface area contributed by atoms with Crippen LogP contribution in [-0.2, 0) is 16.1 Å². The van der Waals surface area contributed by atoms with Gasteiger partial charge in [-0.3, -0.25) is 4.79 Å². The molecule has 6 heteroatoms. The third-order valence-electron chi connectivity index (χ3n) is 3.67. The van der Waals surface area contributed by atoms with E-state index in [4.69, 9.17) is 9.84 Å². The number of aliphatic carboxylic acids is 1. The summed E-state index contributed by atoms with van der Waals surface area (Å²) >= 11 is 0. The first-order valence-electron chi connectivity index (χ1n) is 7.56. The molecule has 0 aliphatic heterocycles. The van der Waals surface area contributed by atoms with Crippen molar-refractivity contribution >= 4 is 12.1 Å². The van der Waals surface area contributed by atoms with Gasteiger partial charge in [0, 0.05) is 18.5 Å². The number of benzene rings is 1.